The molecule has 5 heteroatoms. The van der Waals surface area contributed by atoms with Gasteiger partial charge in [-0.1, -0.05) is 24.8 Å². The minimum atomic E-state index is -4.31. The Kier molecular flexibility index (Phi) is 5.61. The van der Waals surface area contributed by atoms with Crippen molar-refractivity contribution >= 4 is 16.2 Å². The molecular formula is C8H7KO3S. The number of rotatable bonds is 2. The average Bonchev–Trinajstić information content (AvgIpc) is 2.03. The third-order valence-electron chi connectivity index (χ3n) is 1.40. The van der Waals surface area contributed by atoms with Gasteiger partial charge in [0.05, 0.1) is 4.90 Å². The first-order valence-electron chi connectivity index (χ1n) is 3.22. The van der Waals surface area contributed by atoms with Gasteiger partial charge in [-0.25, -0.2) is 8.42 Å². The van der Waals surface area contributed by atoms with Crippen LogP contribution in [0.3, 0.4) is 0 Å². The van der Waals surface area contributed by atoms with E-state index in [1.54, 1.807) is 6.08 Å². The van der Waals surface area contributed by atoms with Crippen molar-refractivity contribution < 1.29 is 64.4 Å². The molecule has 1 aromatic carbocycles. The molecule has 1 rings (SSSR count). The van der Waals surface area contributed by atoms with E-state index in [2.05, 4.69) is 6.58 Å². The van der Waals surface area contributed by atoms with Crippen molar-refractivity contribution in [1.29, 1.82) is 0 Å². The molecule has 0 aliphatic carbocycles. The molecule has 0 heterocycles. The summed E-state index contributed by atoms with van der Waals surface area (Å²) >= 11 is 0. The zero-order valence-electron chi connectivity index (χ0n) is 7.23. The Morgan fingerprint density at radius 3 is 2.00 bits per heavy atom. The molecule has 0 amide bonds. The fourth-order valence-corrected chi connectivity index (χ4v) is 1.24. The Balaban J connectivity index is 0.00000144. The van der Waals surface area contributed by atoms with Crippen LogP contribution < -0.4 is 51.4 Å². The summed E-state index contributed by atoms with van der Waals surface area (Å²) in [6.45, 7) is 3.50. The van der Waals surface area contributed by atoms with Crippen molar-refractivity contribution in [1.82, 2.24) is 0 Å². The summed E-state index contributed by atoms with van der Waals surface area (Å²) in [5.41, 5.74) is 0.780. The Bertz CT molecular complexity index is 380. The van der Waals surface area contributed by atoms with Crippen LogP contribution in [0.4, 0.5) is 0 Å². The first-order valence-corrected chi connectivity index (χ1v) is 4.63. The smallest absolute Gasteiger partial charge is 0.744 e. The fourth-order valence-electron chi connectivity index (χ4n) is 0.771. The molecule has 0 aliphatic rings. The Hall–Kier alpha value is 0.506. The van der Waals surface area contributed by atoms with Gasteiger partial charge >= 0.3 is 51.4 Å². The second-order valence-corrected chi connectivity index (χ2v) is 3.61. The molecule has 3 nitrogen and oxygen atoms in total. The molecule has 0 atom stereocenters. The maximum absolute atomic E-state index is 10.5. The Morgan fingerprint density at radius 2 is 1.69 bits per heavy atom. The van der Waals surface area contributed by atoms with E-state index in [0.717, 1.165) is 5.56 Å². The molecule has 0 spiro atoms. The summed E-state index contributed by atoms with van der Waals surface area (Å²) in [7, 11) is -4.31. The van der Waals surface area contributed by atoms with Crippen molar-refractivity contribution in [2.45, 2.75) is 4.90 Å². The van der Waals surface area contributed by atoms with E-state index >= 15 is 0 Å². The summed E-state index contributed by atoms with van der Waals surface area (Å²) in [5.74, 6) is 0. The van der Waals surface area contributed by atoms with Crippen LogP contribution >= 0.6 is 0 Å². The minimum Gasteiger partial charge on any atom is -0.744 e. The standard InChI is InChI=1S/C8H8O3S.K/c1-2-7-3-5-8(6-4-7)12(9,10)11;/h2-6H,1H2,(H,9,10,11);/q;+1/p-1. The van der Waals surface area contributed by atoms with Crippen LogP contribution in [0.25, 0.3) is 6.08 Å². The molecule has 0 bridgehead atoms. The second-order valence-electron chi connectivity index (χ2n) is 2.23. The molecular weight excluding hydrogens is 215 g/mol. The van der Waals surface area contributed by atoms with Crippen molar-refractivity contribution in [3.05, 3.63) is 36.4 Å². The van der Waals surface area contributed by atoms with Crippen LogP contribution in [-0.2, 0) is 10.1 Å². The van der Waals surface area contributed by atoms with Gasteiger partial charge in [-0.3, -0.25) is 0 Å². The molecule has 0 aromatic heterocycles. The summed E-state index contributed by atoms with van der Waals surface area (Å²) in [4.78, 5) is -0.215. The second kappa shape index (κ2) is 5.40. The zero-order chi connectivity index (χ0) is 9.19. The van der Waals surface area contributed by atoms with Gasteiger partial charge in [-0.15, -0.1) is 0 Å². The predicted molar refractivity (Wildman–Crippen MR) is 44.5 cm³/mol. The van der Waals surface area contributed by atoms with Gasteiger partial charge in [0, 0.05) is 0 Å². The molecule has 64 valence electrons. The van der Waals surface area contributed by atoms with Gasteiger partial charge < -0.3 is 4.55 Å². The van der Waals surface area contributed by atoms with Gasteiger partial charge in [0.2, 0.25) is 0 Å². The van der Waals surface area contributed by atoms with E-state index in [0.29, 0.717) is 0 Å². The zero-order valence-corrected chi connectivity index (χ0v) is 11.2. The quantitative estimate of drug-likeness (QED) is 0.440. The predicted octanol–water partition coefficient (Wildman–Crippen LogP) is -1.76. The van der Waals surface area contributed by atoms with E-state index in [1.807, 2.05) is 0 Å². The van der Waals surface area contributed by atoms with E-state index in [1.165, 1.54) is 24.3 Å². The first kappa shape index (κ1) is 13.5. The van der Waals surface area contributed by atoms with Gasteiger partial charge in [0.1, 0.15) is 10.1 Å². The van der Waals surface area contributed by atoms with Crippen LogP contribution in [0.15, 0.2) is 35.7 Å². The number of hydrogen-bond donors (Lipinski definition) is 0. The molecule has 0 aliphatic heterocycles. The molecule has 0 saturated heterocycles. The fraction of sp³-hybridized carbons (Fsp3) is 0. The summed E-state index contributed by atoms with van der Waals surface area (Å²) in [6, 6.07) is 5.58. The van der Waals surface area contributed by atoms with Crippen molar-refractivity contribution in [3.8, 4) is 0 Å². The van der Waals surface area contributed by atoms with Gasteiger partial charge in [0.25, 0.3) is 0 Å². The van der Waals surface area contributed by atoms with Crippen LogP contribution in [0, 0.1) is 0 Å². The average molecular weight is 222 g/mol. The topological polar surface area (TPSA) is 57.2 Å². The maximum atomic E-state index is 10.5. The van der Waals surface area contributed by atoms with E-state index in [4.69, 9.17) is 0 Å². The van der Waals surface area contributed by atoms with Crippen molar-refractivity contribution in [3.63, 3.8) is 0 Å². The molecule has 0 radical (unpaired) electrons. The minimum absolute atomic E-state index is 0. The van der Waals surface area contributed by atoms with Crippen molar-refractivity contribution in [2.75, 3.05) is 0 Å². The van der Waals surface area contributed by atoms with E-state index in [-0.39, 0.29) is 56.3 Å². The monoisotopic (exact) mass is 222 g/mol. The third kappa shape index (κ3) is 4.03. The van der Waals surface area contributed by atoms with Crippen LogP contribution in [0.5, 0.6) is 0 Å². The first-order chi connectivity index (χ1) is 5.54. The molecule has 0 saturated carbocycles. The van der Waals surface area contributed by atoms with Gasteiger partial charge in [-0.2, -0.15) is 0 Å². The molecule has 1 aromatic rings. The molecule has 0 unspecified atom stereocenters. The largest absolute Gasteiger partial charge is 1.00 e. The molecule has 13 heavy (non-hydrogen) atoms. The molecule has 0 fully saturated rings. The number of hydrogen-bond acceptors (Lipinski definition) is 3. The third-order valence-corrected chi connectivity index (χ3v) is 2.25. The summed E-state index contributed by atoms with van der Waals surface area (Å²) < 4.78 is 31.4. The van der Waals surface area contributed by atoms with E-state index < -0.39 is 10.1 Å². The summed E-state index contributed by atoms with van der Waals surface area (Å²) in [6.07, 6.45) is 1.57. The van der Waals surface area contributed by atoms with Crippen LogP contribution in [0.1, 0.15) is 5.56 Å². The van der Waals surface area contributed by atoms with Crippen molar-refractivity contribution in [2.24, 2.45) is 0 Å². The SMILES string of the molecule is C=Cc1ccc(S(=O)(=O)[O-])cc1.[K+]. The Labute approximate surface area is 120 Å². The normalized spacial score (nSPS) is 10.2. The number of benzene rings is 1. The molecule has 0 N–H and O–H groups in total. The van der Waals surface area contributed by atoms with Crippen LogP contribution in [0.2, 0.25) is 0 Å². The van der Waals surface area contributed by atoms with Gasteiger partial charge in [0.15, 0.2) is 0 Å². The maximum Gasteiger partial charge on any atom is 1.00 e. The summed E-state index contributed by atoms with van der Waals surface area (Å²) in [5, 5.41) is 0. The van der Waals surface area contributed by atoms with Crippen LogP contribution in [-0.4, -0.2) is 13.0 Å². The van der Waals surface area contributed by atoms with E-state index in [9.17, 15) is 13.0 Å². The van der Waals surface area contributed by atoms with Gasteiger partial charge in [-0.05, 0) is 17.7 Å². The Morgan fingerprint density at radius 1 is 1.23 bits per heavy atom.